The van der Waals surface area contributed by atoms with Crippen molar-refractivity contribution < 1.29 is 4.39 Å². The maximum absolute atomic E-state index is 13.2. The minimum atomic E-state index is -0.475. The molecule has 8 heteroatoms. The van der Waals surface area contributed by atoms with Gasteiger partial charge in [0.15, 0.2) is 0 Å². The summed E-state index contributed by atoms with van der Waals surface area (Å²) >= 11 is 5.79. The van der Waals surface area contributed by atoms with Crippen molar-refractivity contribution in [3.05, 3.63) is 29.0 Å². The molecule has 23 heavy (non-hydrogen) atoms. The van der Waals surface area contributed by atoms with Gasteiger partial charge in [0, 0.05) is 17.8 Å². The Balaban J connectivity index is 2.29. The zero-order chi connectivity index (χ0) is 17.0. The number of rotatable bonds is 6. The van der Waals surface area contributed by atoms with E-state index in [1.54, 1.807) is 6.07 Å². The Kier molecular flexibility index (Phi) is 5.54. The molecule has 0 aliphatic rings. The highest BCUT2D eigenvalue weighted by Crippen LogP contribution is 2.22. The molecular formula is C15H20ClFN6. The van der Waals surface area contributed by atoms with E-state index in [1.165, 1.54) is 12.1 Å². The first-order chi connectivity index (χ1) is 10.8. The quantitative estimate of drug-likeness (QED) is 0.738. The zero-order valence-corrected chi connectivity index (χ0v) is 14.2. The first-order valence-corrected chi connectivity index (χ1v) is 7.72. The summed E-state index contributed by atoms with van der Waals surface area (Å²) in [6.45, 7) is 7.97. The summed E-state index contributed by atoms with van der Waals surface area (Å²) in [5.74, 6) is 0.772. The van der Waals surface area contributed by atoms with Crippen LogP contribution in [0.1, 0.15) is 27.7 Å². The van der Waals surface area contributed by atoms with E-state index in [0.29, 0.717) is 23.5 Å². The lowest BCUT2D eigenvalue weighted by molar-refractivity contribution is 0.628. The average Bonchev–Trinajstić information content (AvgIpc) is 2.41. The Bertz CT molecular complexity index is 649. The van der Waals surface area contributed by atoms with Crippen LogP contribution in [0.3, 0.4) is 0 Å². The van der Waals surface area contributed by atoms with Crippen LogP contribution >= 0.6 is 11.6 Å². The molecule has 0 saturated heterocycles. The van der Waals surface area contributed by atoms with E-state index in [1.807, 2.05) is 27.7 Å². The zero-order valence-electron chi connectivity index (χ0n) is 13.5. The lowest BCUT2D eigenvalue weighted by atomic mass is 10.3. The average molecular weight is 339 g/mol. The maximum Gasteiger partial charge on any atom is 0.233 e. The van der Waals surface area contributed by atoms with Gasteiger partial charge in [-0.15, -0.1) is 0 Å². The van der Waals surface area contributed by atoms with Crippen molar-refractivity contribution >= 4 is 35.1 Å². The second-order valence-corrected chi connectivity index (χ2v) is 6.07. The van der Waals surface area contributed by atoms with Crippen molar-refractivity contribution in [2.45, 2.75) is 39.8 Å². The van der Waals surface area contributed by atoms with Crippen molar-refractivity contribution in [1.29, 1.82) is 0 Å². The van der Waals surface area contributed by atoms with Gasteiger partial charge in [-0.25, -0.2) is 4.39 Å². The second kappa shape index (κ2) is 7.41. The summed E-state index contributed by atoms with van der Waals surface area (Å²) in [6.07, 6.45) is 0. The van der Waals surface area contributed by atoms with Crippen molar-refractivity contribution in [2.75, 3.05) is 16.0 Å². The summed E-state index contributed by atoms with van der Waals surface area (Å²) in [7, 11) is 0. The summed E-state index contributed by atoms with van der Waals surface area (Å²) in [6, 6.07) is 4.68. The van der Waals surface area contributed by atoms with Crippen molar-refractivity contribution in [2.24, 2.45) is 0 Å². The molecule has 0 radical (unpaired) electrons. The van der Waals surface area contributed by atoms with E-state index in [9.17, 15) is 4.39 Å². The molecule has 3 N–H and O–H groups in total. The smallest absolute Gasteiger partial charge is 0.233 e. The molecule has 1 heterocycles. The van der Waals surface area contributed by atoms with Gasteiger partial charge in [0.25, 0.3) is 0 Å². The molecule has 1 aromatic heterocycles. The molecule has 2 rings (SSSR count). The first kappa shape index (κ1) is 17.2. The second-order valence-electron chi connectivity index (χ2n) is 5.66. The van der Waals surface area contributed by atoms with Crippen molar-refractivity contribution in [1.82, 2.24) is 15.0 Å². The number of nitrogens with one attached hydrogen (secondary N) is 3. The fourth-order valence-corrected chi connectivity index (χ4v) is 1.96. The van der Waals surface area contributed by atoms with Gasteiger partial charge in [0.05, 0.1) is 5.02 Å². The highest BCUT2D eigenvalue weighted by molar-refractivity contribution is 6.31. The van der Waals surface area contributed by atoms with Crippen molar-refractivity contribution in [3.63, 3.8) is 0 Å². The highest BCUT2D eigenvalue weighted by Gasteiger charge is 2.09. The molecule has 0 fully saturated rings. The molecular weight excluding hydrogens is 319 g/mol. The summed E-state index contributed by atoms with van der Waals surface area (Å²) in [4.78, 5) is 12.9. The number of halogens is 2. The van der Waals surface area contributed by atoms with Crippen LogP contribution < -0.4 is 16.0 Å². The van der Waals surface area contributed by atoms with Gasteiger partial charge in [-0.3, -0.25) is 0 Å². The van der Waals surface area contributed by atoms with E-state index < -0.39 is 5.82 Å². The number of hydrogen-bond donors (Lipinski definition) is 3. The predicted octanol–water partition coefficient (Wildman–Crippen LogP) is 4.05. The van der Waals surface area contributed by atoms with Crippen LogP contribution in [-0.2, 0) is 0 Å². The monoisotopic (exact) mass is 338 g/mol. The number of hydrogen-bond acceptors (Lipinski definition) is 6. The van der Waals surface area contributed by atoms with E-state index in [2.05, 4.69) is 30.9 Å². The SMILES string of the molecule is CC(C)Nc1nc(Nc2ccc(F)c(Cl)c2)nc(NC(C)C)n1. The third-order valence-electron chi connectivity index (χ3n) is 2.65. The fraction of sp³-hybridized carbons (Fsp3) is 0.400. The predicted molar refractivity (Wildman–Crippen MR) is 92.0 cm³/mol. The Morgan fingerprint density at radius 1 is 0.913 bits per heavy atom. The minimum Gasteiger partial charge on any atom is -0.352 e. The molecule has 124 valence electrons. The van der Waals surface area contributed by atoms with E-state index in [0.717, 1.165) is 0 Å². The Morgan fingerprint density at radius 3 is 1.91 bits per heavy atom. The van der Waals surface area contributed by atoms with Crippen LogP contribution in [0.5, 0.6) is 0 Å². The topological polar surface area (TPSA) is 74.8 Å². The minimum absolute atomic E-state index is 0.0325. The lowest BCUT2D eigenvalue weighted by Gasteiger charge is -2.14. The Hall–Kier alpha value is -2.15. The van der Waals surface area contributed by atoms with Gasteiger partial charge in [-0.05, 0) is 45.9 Å². The van der Waals surface area contributed by atoms with Crippen LogP contribution in [0.2, 0.25) is 5.02 Å². The van der Waals surface area contributed by atoms with Gasteiger partial charge >= 0.3 is 0 Å². The van der Waals surface area contributed by atoms with Gasteiger partial charge in [-0.1, -0.05) is 11.6 Å². The summed E-state index contributed by atoms with van der Waals surface area (Å²) in [5.41, 5.74) is 0.591. The van der Waals surface area contributed by atoms with Crippen LogP contribution in [0.4, 0.5) is 27.9 Å². The van der Waals surface area contributed by atoms with Gasteiger partial charge in [0.1, 0.15) is 5.82 Å². The van der Waals surface area contributed by atoms with E-state index >= 15 is 0 Å². The number of benzene rings is 1. The maximum atomic E-state index is 13.2. The number of anilines is 4. The summed E-state index contributed by atoms with van der Waals surface area (Å²) < 4.78 is 13.2. The molecule has 0 saturated carbocycles. The molecule has 0 amide bonds. The van der Waals surface area contributed by atoms with Gasteiger partial charge < -0.3 is 16.0 Å². The molecule has 2 aromatic rings. The van der Waals surface area contributed by atoms with E-state index in [4.69, 9.17) is 11.6 Å². The molecule has 0 atom stereocenters. The van der Waals surface area contributed by atoms with Gasteiger partial charge in [0.2, 0.25) is 17.8 Å². The Labute approximate surface area is 139 Å². The molecule has 0 aliphatic heterocycles. The third kappa shape index (κ3) is 5.21. The van der Waals surface area contributed by atoms with Crippen molar-refractivity contribution in [3.8, 4) is 0 Å². The normalized spacial score (nSPS) is 11.0. The van der Waals surface area contributed by atoms with E-state index in [-0.39, 0.29) is 17.1 Å². The molecule has 0 spiro atoms. The van der Waals surface area contributed by atoms with Crippen LogP contribution in [-0.4, -0.2) is 27.0 Å². The first-order valence-electron chi connectivity index (χ1n) is 7.34. The molecule has 1 aromatic carbocycles. The van der Waals surface area contributed by atoms with Gasteiger partial charge in [-0.2, -0.15) is 15.0 Å². The largest absolute Gasteiger partial charge is 0.352 e. The number of nitrogens with zero attached hydrogens (tertiary/aromatic N) is 3. The third-order valence-corrected chi connectivity index (χ3v) is 2.94. The Morgan fingerprint density at radius 2 is 1.43 bits per heavy atom. The molecule has 6 nitrogen and oxygen atoms in total. The highest BCUT2D eigenvalue weighted by atomic mass is 35.5. The van der Waals surface area contributed by atoms with Crippen LogP contribution in [0.15, 0.2) is 18.2 Å². The molecule has 0 bridgehead atoms. The summed E-state index contributed by atoms with van der Waals surface area (Å²) in [5, 5.41) is 9.31. The standard InChI is InChI=1S/C15H20ClFN6/c1-8(2)18-13-21-14(19-9(3)4)23-15(22-13)20-10-5-6-12(17)11(16)7-10/h5-9H,1-4H3,(H3,18,19,20,21,22,23). The number of aromatic nitrogens is 3. The lowest BCUT2D eigenvalue weighted by Crippen LogP contribution is -2.18. The molecule has 0 unspecified atom stereocenters. The fourth-order valence-electron chi connectivity index (χ4n) is 1.78. The van der Waals surface area contributed by atoms with Crippen LogP contribution in [0, 0.1) is 5.82 Å². The van der Waals surface area contributed by atoms with Crippen LogP contribution in [0.25, 0.3) is 0 Å². The molecule has 0 aliphatic carbocycles.